The lowest BCUT2D eigenvalue weighted by Gasteiger charge is -2.42. The summed E-state index contributed by atoms with van der Waals surface area (Å²) in [5.74, 6) is 0. The first-order valence-electron chi connectivity index (χ1n) is 6.37. The Morgan fingerprint density at radius 1 is 1.39 bits per heavy atom. The zero-order chi connectivity index (χ0) is 17.8. The second-order valence-electron chi connectivity index (χ2n) is 4.83. The lowest BCUT2D eigenvalue weighted by Crippen LogP contribution is -2.65. The van der Waals surface area contributed by atoms with Crippen LogP contribution in [0.2, 0.25) is 0 Å². The summed E-state index contributed by atoms with van der Waals surface area (Å²) in [5.41, 5.74) is 0. The van der Waals surface area contributed by atoms with E-state index in [0.29, 0.717) is 5.01 Å². The van der Waals surface area contributed by atoms with Crippen molar-refractivity contribution in [1.29, 1.82) is 0 Å². The Bertz CT molecular complexity index is 526. The quantitative estimate of drug-likeness (QED) is 0.270. The molecule has 2 amide bonds. The summed E-state index contributed by atoms with van der Waals surface area (Å²) in [6.07, 6.45) is -4.74. The molecule has 0 radical (unpaired) electrons. The Morgan fingerprint density at radius 2 is 2.00 bits per heavy atom. The molecule has 134 valence electrons. The van der Waals surface area contributed by atoms with Gasteiger partial charge in [-0.05, 0) is 0 Å². The summed E-state index contributed by atoms with van der Waals surface area (Å²) in [6.45, 7) is -0.548. The molecule has 3 N–H and O–H groups in total. The normalized spacial score (nSPS) is 31.4. The molecule has 0 aliphatic carbocycles. The van der Waals surface area contributed by atoms with Gasteiger partial charge in [-0.25, -0.2) is 4.79 Å². The van der Waals surface area contributed by atoms with Crippen molar-refractivity contribution < 1.29 is 37.1 Å². The van der Waals surface area contributed by atoms with E-state index in [1.54, 1.807) is 0 Å². The van der Waals surface area contributed by atoms with Crippen molar-refractivity contribution in [3.63, 3.8) is 0 Å². The molecule has 0 aromatic heterocycles. The molecule has 1 rings (SSSR count). The maximum atomic E-state index is 11.6. The van der Waals surface area contributed by atoms with Gasteiger partial charge < -0.3 is 25.0 Å². The molecular formula is C10H19N3O9S. The van der Waals surface area contributed by atoms with Crippen LogP contribution in [-0.2, 0) is 23.8 Å². The van der Waals surface area contributed by atoms with Crippen LogP contribution < -0.4 is 5.32 Å². The van der Waals surface area contributed by atoms with E-state index in [2.05, 4.69) is 14.8 Å². The highest BCUT2D eigenvalue weighted by molar-refractivity contribution is 7.85. The van der Waals surface area contributed by atoms with E-state index in [9.17, 15) is 28.3 Å². The molecule has 1 aliphatic heterocycles. The molecule has 13 heteroatoms. The minimum atomic E-state index is -3.77. The first kappa shape index (κ1) is 19.7. The topological polar surface area (TPSA) is 164 Å². The minimum absolute atomic E-state index is 0.435. The van der Waals surface area contributed by atoms with Crippen LogP contribution in [0, 0.1) is 4.91 Å². The van der Waals surface area contributed by atoms with Gasteiger partial charge in [0, 0.05) is 14.2 Å². The average Bonchev–Trinajstić information content (AvgIpc) is 2.49. The van der Waals surface area contributed by atoms with Gasteiger partial charge in [0.25, 0.3) is 10.1 Å². The maximum Gasteiger partial charge on any atom is 0.340 e. The summed E-state index contributed by atoms with van der Waals surface area (Å²) in [4.78, 5) is 21.9. The van der Waals surface area contributed by atoms with E-state index < -0.39 is 53.4 Å². The van der Waals surface area contributed by atoms with E-state index in [1.165, 1.54) is 7.11 Å². The van der Waals surface area contributed by atoms with E-state index in [0.717, 1.165) is 13.3 Å². The zero-order valence-corrected chi connectivity index (χ0v) is 13.5. The first-order chi connectivity index (χ1) is 10.6. The number of ether oxygens (including phenoxy) is 2. The third kappa shape index (κ3) is 5.33. The van der Waals surface area contributed by atoms with Crippen molar-refractivity contribution in [2.45, 2.75) is 30.6 Å². The fourth-order valence-corrected chi connectivity index (χ4v) is 2.27. The number of nitrogens with zero attached hydrogens (tertiary/aromatic N) is 2. The largest absolute Gasteiger partial charge is 0.388 e. The molecule has 1 heterocycles. The molecule has 0 saturated carbocycles. The summed E-state index contributed by atoms with van der Waals surface area (Å²) in [5, 5.41) is 25.1. The number of nitroso groups, excluding NO2 is 1. The second kappa shape index (κ2) is 7.94. The van der Waals surface area contributed by atoms with Crippen LogP contribution in [0.4, 0.5) is 4.79 Å². The van der Waals surface area contributed by atoms with Gasteiger partial charge in [-0.1, -0.05) is 0 Å². The van der Waals surface area contributed by atoms with Gasteiger partial charge in [-0.15, -0.1) is 4.91 Å². The first-order valence-corrected chi connectivity index (χ1v) is 8.18. The van der Waals surface area contributed by atoms with Crippen LogP contribution in [0.3, 0.4) is 0 Å². The molecule has 0 aromatic carbocycles. The summed E-state index contributed by atoms with van der Waals surface area (Å²) >= 11 is 0. The molecule has 23 heavy (non-hydrogen) atoms. The minimum Gasteiger partial charge on any atom is -0.388 e. The standard InChI is InChI=1S/C10H19N3O9S/c1-13(12-17)10(16)11-6-8(15)7(14)5(22-9(6)20-2)4-21-23(3,18)19/h5-9,14-15H,4H2,1-3H3,(H,11,16)/t5-,6-,7-,8-,9-/m1/s1. The van der Waals surface area contributed by atoms with Crippen LogP contribution in [0.1, 0.15) is 0 Å². The van der Waals surface area contributed by atoms with Gasteiger partial charge >= 0.3 is 6.03 Å². The van der Waals surface area contributed by atoms with Crippen molar-refractivity contribution in [3.05, 3.63) is 4.91 Å². The molecule has 0 unspecified atom stereocenters. The van der Waals surface area contributed by atoms with Crippen molar-refractivity contribution in [3.8, 4) is 0 Å². The van der Waals surface area contributed by atoms with Gasteiger partial charge in [0.1, 0.15) is 24.4 Å². The molecule has 1 saturated heterocycles. The smallest absolute Gasteiger partial charge is 0.340 e. The maximum absolute atomic E-state index is 11.6. The van der Waals surface area contributed by atoms with Gasteiger partial charge in [0.2, 0.25) is 0 Å². The van der Waals surface area contributed by atoms with Crippen LogP contribution in [-0.4, -0.2) is 87.3 Å². The van der Waals surface area contributed by atoms with Crippen LogP contribution in [0.15, 0.2) is 5.29 Å². The van der Waals surface area contributed by atoms with E-state index in [1.807, 2.05) is 0 Å². The molecule has 0 spiro atoms. The Kier molecular flexibility index (Phi) is 6.79. The summed E-state index contributed by atoms with van der Waals surface area (Å²) in [6, 6.07) is -2.17. The number of urea groups is 1. The average molecular weight is 357 g/mol. The number of rotatable bonds is 6. The number of carbonyl (C=O) groups excluding carboxylic acids is 1. The summed E-state index contributed by atoms with van der Waals surface area (Å²) in [7, 11) is -1.48. The monoisotopic (exact) mass is 357 g/mol. The van der Waals surface area contributed by atoms with Crippen molar-refractivity contribution in [2.75, 3.05) is 27.0 Å². The number of methoxy groups -OCH3 is 1. The van der Waals surface area contributed by atoms with E-state index in [4.69, 9.17) is 9.47 Å². The van der Waals surface area contributed by atoms with Gasteiger partial charge in [-0.3, -0.25) is 4.18 Å². The second-order valence-corrected chi connectivity index (χ2v) is 6.47. The van der Waals surface area contributed by atoms with E-state index in [-0.39, 0.29) is 0 Å². The molecule has 5 atom stereocenters. The predicted octanol–water partition coefficient (Wildman–Crippen LogP) is -2.25. The van der Waals surface area contributed by atoms with Crippen LogP contribution >= 0.6 is 0 Å². The van der Waals surface area contributed by atoms with Gasteiger partial charge in [-0.2, -0.15) is 13.4 Å². The van der Waals surface area contributed by atoms with Crippen molar-refractivity contribution in [2.24, 2.45) is 5.29 Å². The number of carbonyl (C=O) groups is 1. The molecule has 1 fully saturated rings. The third-order valence-electron chi connectivity index (χ3n) is 3.09. The van der Waals surface area contributed by atoms with Crippen LogP contribution in [0.5, 0.6) is 0 Å². The highest BCUT2D eigenvalue weighted by atomic mass is 32.2. The molecule has 0 bridgehead atoms. The highest BCUT2D eigenvalue weighted by Crippen LogP contribution is 2.22. The van der Waals surface area contributed by atoms with Gasteiger partial charge in [0.05, 0.1) is 18.1 Å². The number of aliphatic hydroxyl groups excluding tert-OH is 2. The number of amides is 2. The van der Waals surface area contributed by atoms with Crippen molar-refractivity contribution >= 4 is 16.1 Å². The Labute approximate surface area is 132 Å². The molecule has 1 aliphatic rings. The molecule has 12 nitrogen and oxygen atoms in total. The third-order valence-corrected chi connectivity index (χ3v) is 3.65. The summed E-state index contributed by atoms with van der Waals surface area (Å²) < 4.78 is 36.7. The fourth-order valence-electron chi connectivity index (χ4n) is 1.89. The lowest BCUT2D eigenvalue weighted by atomic mass is 9.97. The number of hydrogen-bond acceptors (Lipinski definition) is 10. The van der Waals surface area contributed by atoms with Crippen LogP contribution in [0.25, 0.3) is 0 Å². The lowest BCUT2D eigenvalue weighted by molar-refractivity contribution is -0.260. The fraction of sp³-hybridized carbons (Fsp3) is 0.900. The Hall–Kier alpha value is -1.38. The zero-order valence-electron chi connectivity index (χ0n) is 12.6. The Morgan fingerprint density at radius 3 is 2.48 bits per heavy atom. The van der Waals surface area contributed by atoms with Gasteiger partial charge in [0.15, 0.2) is 6.29 Å². The predicted molar refractivity (Wildman–Crippen MR) is 74.4 cm³/mol. The number of aliphatic hydroxyl groups is 2. The SMILES string of the molecule is CO[C@@H]1O[C@H](COS(C)(=O)=O)[C@@H](O)[C@H](O)[C@H]1NC(=O)N(C)N=O. The van der Waals surface area contributed by atoms with E-state index >= 15 is 0 Å². The highest BCUT2D eigenvalue weighted by Gasteiger charge is 2.46. The molecule has 0 aromatic rings. The molecular weight excluding hydrogens is 338 g/mol. The Balaban J connectivity index is 2.81. The number of nitrogens with one attached hydrogen (secondary N) is 1. The van der Waals surface area contributed by atoms with Crippen molar-refractivity contribution in [1.82, 2.24) is 10.3 Å². The number of hydrogen-bond donors (Lipinski definition) is 3.